The second-order valence-electron chi connectivity index (χ2n) is 5.92. The van der Waals surface area contributed by atoms with E-state index >= 15 is 0 Å². The predicted octanol–water partition coefficient (Wildman–Crippen LogP) is 4.30. The summed E-state index contributed by atoms with van der Waals surface area (Å²) in [5.41, 5.74) is 1.50. The molecular weight excluding hydrogens is 248 g/mol. The summed E-state index contributed by atoms with van der Waals surface area (Å²) >= 11 is 7.45. The van der Waals surface area contributed by atoms with E-state index in [4.69, 9.17) is 12.2 Å². The van der Waals surface area contributed by atoms with Crippen molar-refractivity contribution in [3.05, 3.63) is 16.7 Å². The molecule has 0 bridgehead atoms. The summed E-state index contributed by atoms with van der Waals surface area (Å²) < 4.78 is 3.26. The van der Waals surface area contributed by atoms with Crippen LogP contribution >= 0.6 is 24.0 Å². The first kappa shape index (κ1) is 13.2. The van der Waals surface area contributed by atoms with Crippen LogP contribution in [0.2, 0.25) is 0 Å². The summed E-state index contributed by atoms with van der Waals surface area (Å²) in [6.07, 6.45) is 8.16. The van der Waals surface area contributed by atoms with Crippen LogP contribution in [0.5, 0.6) is 0 Å². The van der Waals surface area contributed by atoms with Crippen molar-refractivity contribution in [3.63, 3.8) is 0 Å². The Bertz CT molecular complexity index is 439. The molecule has 0 spiro atoms. The number of thioether (sulfide) groups is 1. The fraction of sp³-hybridized carbons (Fsp3) is 0.769. The summed E-state index contributed by atoms with van der Waals surface area (Å²) in [5, 5.41) is 0.810. The first-order valence-electron chi connectivity index (χ1n) is 6.26. The van der Waals surface area contributed by atoms with Gasteiger partial charge >= 0.3 is 0 Å². The number of nitrogens with one attached hydrogen (secondary N) is 1. The van der Waals surface area contributed by atoms with E-state index in [0.717, 1.165) is 10.0 Å². The first-order valence-corrected chi connectivity index (χ1v) is 7.96. The molecule has 2 rings (SSSR count). The second kappa shape index (κ2) is 4.81. The zero-order chi connectivity index (χ0) is 12.6. The molecule has 0 aliphatic heterocycles. The van der Waals surface area contributed by atoms with Gasteiger partial charge in [0.1, 0.15) is 0 Å². The maximum Gasteiger partial charge on any atom is 0.177 e. The van der Waals surface area contributed by atoms with Crippen LogP contribution < -0.4 is 0 Å². The largest absolute Gasteiger partial charge is 0.337 e. The highest BCUT2D eigenvalue weighted by molar-refractivity contribution is 7.99. The Labute approximate surface area is 113 Å². The van der Waals surface area contributed by atoms with Crippen molar-refractivity contribution >= 4 is 24.0 Å². The Balaban J connectivity index is 2.33. The van der Waals surface area contributed by atoms with Gasteiger partial charge in [-0.05, 0) is 37.7 Å². The SMILES string of the molecule is CSC1CCC(n2c(C(C)(C)C)c[nH]c2=S)C1. The van der Waals surface area contributed by atoms with E-state index < -0.39 is 0 Å². The molecule has 2 unspecified atom stereocenters. The minimum absolute atomic E-state index is 0.158. The molecule has 1 aliphatic rings. The third kappa shape index (κ3) is 2.63. The lowest BCUT2D eigenvalue weighted by Crippen LogP contribution is -2.20. The third-order valence-electron chi connectivity index (χ3n) is 3.63. The lowest BCUT2D eigenvalue weighted by molar-refractivity contribution is 0.445. The van der Waals surface area contributed by atoms with Crippen molar-refractivity contribution in [3.8, 4) is 0 Å². The number of aromatic amines is 1. The molecule has 1 saturated carbocycles. The Morgan fingerprint density at radius 3 is 2.65 bits per heavy atom. The molecule has 1 aromatic rings. The highest BCUT2D eigenvalue weighted by atomic mass is 32.2. The quantitative estimate of drug-likeness (QED) is 0.809. The molecular formula is C13H22N2S2. The van der Waals surface area contributed by atoms with Gasteiger partial charge in [0, 0.05) is 28.6 Å². The zero-order valence-corrected chi connectivity index (χ0v) is 12.8. The van der Waals surface area contributed by atoms with E-state index in [-0.39, 0.29) is 5.41 Å². The van der Waals surface area contributed by atoms with Crippen LogP contribution in [0.4, 0.5) is 0 Å². The van der Waals surface area contributed by atoms with Crippen molar-refractivity contribution < 1.29 is 0 Å². The van der Waals surface area contributed by atoms with Gasteiger partial charge in [0.05, 0.1) is 0 Å². The Morgan fingerprint density at radius 1 is 1.41 bits per heavy atom. The molecule has 0 saturated heterocycles. The van der Waals surface area contributed by atoms with Gasteiger partial charge in [0.25, 0.3) is 0 Å². The van der Waals surface area contributed by atoms with Gasteiger partial charge in [0.15, 0.2) is 4.77 Å². The van der Waals surface area contributed by atoms with Crippen molar-refractivity contribution in [2.45, 2.75) is 56.7 Å². The maximum atomic E-state index is 5.45. The van der Waals surface area contributed by atoms with Crippen LogP contribution in [0.1, 0.15) is 51.8 Å². The molecule has 1 fully saturated rings. The van der Waals surface area contributed by atoms with Gasteiger partial charge in [-0.25, -0.2) is 0 Å². The zero-order valence-electron chi connectivity index (χ0n) is 11.1. The van der Waals surface area contributed by atoms with E-state index in [2.05, 4.69) is 42.8 Å². The van der Waals surface area contributed by atoms with Crippen LogP contribution in [-0.2, 0) is 5.41 Å². The van der Waals surface area contributed by atoms with Crippen molar-refractivity contribution in [2.24, 2.45) is 0 Å². The van der Waals surface area contributed by atoms with Crippen molar-refractivity contribution in [1.82, 2.24) is 9.55 Å². The fourth-order valence-corrected chi connectivity index (χ4v) is 3.78. The van der Waals surface area contributed by atoms with Crippen LogP contribution in [0.3, 0.4) is 0 Å². The van der Waals surface area contributed by atoms with Gasteiger partial charge in [-0.3, -0.25) is 0 Å². The Kier molecular flexibility index (Phi) is 3.74. The maximum absolute atomic E-state index is 5.45. The number of hydrogen-bond donors (Lipinski definition) is 1. The molecule has 1 heterocycles. The second-order valence-corrected chi connectivity index (χ2v) is 7.45. The topological polar surface area (TPSA) is 20.7 Å². The molecule has 0 amide bonds. The van der Waals surface area contributed by atoms with E-state index in [0.29, 0.717) is 6.04 Å². The lowest BCUT2D eigenvalue weighted by Gasteiger charge is -2.24. The standard InChI is InChI=1S/C13H22N2S2/c1-13(2,3)11-8-14-12(16)15(11)9-5-6-10(7-9)17-4/h8-10H,5-7H2,1-4H3,(H,14,16). The molecule has 4 heteroatoms. The van der Waals surface area contributed by atoms with E-state index in [1.807, 2.05) is 11.8 Å². The Hall–Kier alpha value is -0.220. The number of nitrogens with zero attached hydrogens (tertiary/aromatic N) is 1. The Morgan fingerprint density at radius 2 is 2.12 bits per heavy atom. The summed E-state index contributed by atoms with van der Waals surface area (Å²) in [7, 11) is 0. The van der Waals surface area contributed by atoms with Gasteiger partial charge in [0.2, 0.25) is 0 Å². The monoisotopic (exact) mass is 270 g/mol. The van der Waals surface area contributed by atoms with Gasteiger partial charge < -0.3 is 9.55 Å². The molecule has 2 atom stereocenters. The lowest BCUT2D eigenvalue weighted by atomic mass is 9.92. The average molecular weight is 270 g/mol. The van der Waals surface area contributed by atoms with Gasteiger partial charge in [-0.15, -0.1) is 0 Å². The van der Waals surface area contributed by atoms with Gasteiger partial charge in [-0.2, -0.15) is 11.8 Å². The number of rotatable bonds is 2. The number of aromatic nitrogens is 2. The normalized spacial score (nSPS) is 25.4. The summed E-state index contributed by atoms with van der Waals surface area (Å²) in [6, 6.07) is 0.598. The minimum atomic E-state index is 0.158. The van der Waals surface area contributed by atoms with Crippen LogP contribution in [0.15, 0.2) is 6.20 Å². The highest BCUT2D eigenvalue weighted by Gasteiger charge is 2.29. The van der Waals surface area contributed by atoms with Crippen LogP contribution in [0.25, 0.3) is 0 Å². The summed E-state index contributed by atoms with van der Waals surface area (Å²) in [4.78, 5) is 3.22. The highest BCUT2D eigenvalue weighted by Crippen LogP contribution is 2.38. The molecule has 1 aliphatic carbocycles. The van der Waals surface area contributed by atoms with E-state index in [1.165, 1.54) is 25.0 Å². The van der Waals surface area contributed by atoms with Crippen LogP contribution in [0, 0.1) is 4.77 Å². The molecule has 1 aromatic heterocycles. The molecule has 0 radical (unpaired) electrons. The minimum Gasteiger partial charge on any atom is -0.337 e. The summed E-state index contributed by atoms with van der Waals surface area (Å²) in [5.74, 6) is 0. The third-order valence-corrected chi connectivity index (χ3v) is 5.04. The smallest absolute Gasteiger partial charge is 0.177 e. The number of imidazole rings is 1. The average Bonchev–Trinajstić information content (AvgIpc) is 2.81. The van der Waals surface area contributed by atoms with Crippen molar-refractivity contribution in [2.75, 3.05) is 6.26 Å². The van der Waals surface area contributed by atoms with Crippen LogP contribution in [-0.4, -0.2) is 21.1 Å². The molecule has 17 heavy (non-hydrogen) atoms. The van der Waals surface area contributed by atoms with Crippen molar-refractivity contribution in [1.29, 1.82) is 0 Å². The molecule has 0 aromatic carbocycles. The molecule has 1 N–H and O–H groups in total. The van der Waals surface area contributed by atoms with E-state index in [9.17, 15) is 0 Å². The van der Waals surface area contributed by atoms with Gasteiger partial charge in [-0.1, -0.05) is 20.8 Å². The molecule has 2 nitrogen and oxygen atoms in total. The number of H-pyrrole nitrogens is 1. The summed E-state index contributed by atoms with van der Waals surface area (Å²) in [6.45, 7) is 6.76. The van der Waals surface area contributed by atoms with E-state index in [1.54, 1.807) is 0 Å². The number of hydrogen-bond acceptors (Lipinski definition) is 2. The predicted molar refractivity (Wildman–Crippen MR) is 78.5 cm³/mol. The fourth-order valence-electron chi connectivity index (χ4n) is 2.68. The first-order chi connectivity index (χ1) is 7.93. The molecule has 96 valence electrons.